The molecule has 25 heavy (non-hydrogen) atoms. The molecule has 0 amide bonds. The fourth-order valence-electron chi connectivity index (χ4n) is 3.27. The van der Waals surface area contributed by atoms with Crippen molar-refractivity contribution >= 4 is 5.57 Å². The van der Waals surface area contributed by atoms with Crippen molar-refractivity contribution in [2.75, 3.05) is 0 Å². The van der Waals surface area contributed by atoms with Crippen molar-refractivity contribution < 1.29 is 0 Å². The van der Waals surface area contributed by atoms with Crippen LogP contribution in [0.4, 0.5) is 0 Å². The van der Waals surface area contributed by atoms with Crippen molar-refractivity contribution in [2.24, 2.45) is 0 Å². The van der Waals surface area contributed by atoms with Crippen LogP contribution in [0.3, 0.4) is 0 Å². The number of benzene rings is 1. The van der Waals surface area contributed by atoms with Crippen LogP contribution in [-0.4, -0.2) is 0 Å². The molecular weight excluding hydrogens is 300 g/mol. The van der Waals surface area contributed by atoms with E-state index in [0.29, 0.717) is 0 Å². The summed E-state index contributed by atoms with van der Waals surface area (Å²) in [6.07, 6.45) is 17.5. The molecule has 0 nitrogen and oxygen atoms in total. The standard InChI is InChI=1S/C25H30/c1-6-22(24-14-10-8-12-19(3)16-24)17-20(4)18-23(7-2)25-15-11-9-13-21(25)5/h6-15,17H,16,18H2,1-5H3/b20-17-,22-6-,23-7+. The third-order valence-electron chi connectivity index (χ3n) is 4.65. The van der Waals surface area contributed by atoms with E-state index in [-0.39, 0.29) is 0 Å². The Morgan fingerprint density at radius 1 is 1.00 bits per heavy atom. The Kier molecular flexibility index (Phi) is 7.01. The number of allylic oxidation sites excluding steroid dienone is 12. The molecule has 0 heteroatoms. The first-order chi connectivity index (χ1) is 12.0. The molecule has 1 aliphatic carbocycles. The van der Waals surface area contributed by atoms with E-state index >= 15 is 0 Å². The van der Waals surface area contributed by atoms with Crippen molar-refractivity contribution in [3.8, 4) is 0 Å². The Morgan fingerprint density at radius 2 is 1.72 bits per heavy atom. The zero-order valence-corrected chi connectivity index (χ0v) is 16.3. The zero-order chi connectivity index (χ0) is 18.2. The summed E-state index contributed by atoms with van der Waals surface area (Å²) in [5, 5.41) is 0. The van der Waals surface area contributed by atoms with Gasteiger partial charge in [-0.1, -0.05) is 77.9 Å². The number of aryl methyl sites for hydroxylation is 1. The van der Waals surface area contributed by atoms with E-state index in [9.17, 15) is 0 Å². The number of rotatable bonds is 5. The second-order valence-corrected chi connectivity index (χ2v) is 6.81. The Bertz CT molecular complexity index is 789. The number of hydrogen-bond acceptors (Lipinski definition) is 0. The van der Waals surface area contributed by atoms with Gasteiger partial charge in [0.2, 0.25) is 0 Å². The monoisotopic (exact) mass is 330 g/mol. The Labute approximate surface area is 153 Å². The summed E-state index contributed by atoms with van der Waals surface area (Å²) >= 11 is 0. The van der Waals surface area contributed by atoms with Crippen LogP contribution < -0.4 is 0 Å². The topological polar surface area (TPSA) is 0 Å². The van der Waals surface area contributed by atoms with Gasteiger partial charge in [0.1, 0.15) is 0 Å². The lowest BCUT2D eigenvalue weighted by Gasteiger charge is -2.13. The minimum Gasteiger partial charge on any atom is -0.0835 e. The van der Waals surface area contributed by atoms with Crippen LogP contribution in [0.5, 0.6) is 0 Å². The van der Waals surface area contributed by atoms with Crippen molar-refractivity contribution in [3.05, 3.63) is 100 Å². The van der Waals surface area contributed by atoms with Gasteiger partial charge in [-0.15, -0.1) is 0 Å². The molecule has 0 aromatic heterocycles. The van der Waals surface area contributed by atoms with E-state index < -0.39 is 0 Å². The molecule has 2 rings (SSSR count). The predicted octanol–water partition coefficient (Wildman–Crippen LogP) is 7.51. The molecule has 1 aromatic rings. The molecule has 0 atom stereocenters. The second kappa shape index (κ2) is 9.22. The highest BCUT2D eigenvalue weighted by Crippen LogP contribution is 2.28. The van der Waals surface area contributed by atoms with Gasteiger partial charge < -0.3 is 0 Å². The van der Waals surface area contributed by atoms with E-state index in [4.69, 9.17) is 0 Å². The normalized spacial score (nSPS) is 16.4. The molecule has 1 aliphatic rings. The minimum atomic E-state index is 0.983. The molecule has 0 N–H and O–H groups in total. The molecular formula is C25H30. The maximum Gasteiger partial charge on any atom is -0.00609 e. The van der Waals surface area contributed by atoms with Crippen molar-refractivity contribution in [1.82, 2.24) is 0 Å². The Hall–Kier alpha value is -2.34. The SMILES string of the molecule is C/C=C(/C=C(/C)C/C(=C\C)c1ccccc1C)C1=CC=CC=C(C)C1. The van der Waals surface area contributed by atoms with Gasteiger partial charge in [0.05, 0.1) is 0 Å². The molecule has 0 fully saturated rings. The molecule has 0 unspecified atom stereocenters. The predicted molar refractivity (Wildman–Crippen MR) is 113 cm³/mol. The molecule has 1 aromatic carbocycles. The quantitative estimate of drug-likeness (QED) is 0.490. The first kappa shape index (κ1) is 19.0. The Balaban J connectivity index is 2.22. The van der Waals surface area contributed by atoms with E-state index in [2.05, 4.69) is 101 Å². The van der Waals surface area contributed by atoms with Crippen molar-refractivity contribution in [3.63, 3.8) is 0 Å². The van der Waals surface area contributed by atoms with Crippen LogP contribution >= 0.6 is 0 Å². The van der Waals surface area contributed by atoms with E-state index in [1.54, 1.807) is 0 Å². The summed E-state index contributed by atoms with van der Waals surface area (Å²) < 4.78 is 0. The maximum absolute atomic E-state index is 2.35. The van der Waals surface area contributed by atoms with E-state index in [0.717, 1.165) is 12.8 Å². The van der Waals surface area contributed by atoms with Crippen LogP contribution in [0.1, 0.15) is 51.7 Å². The molecule has 0 radical (unpaired) electrons. The van der Waals surface area contributed by atoms with Crippen LogP contribution in [0.25, 0.3) is 5.57 Å². The smallest absolute Gasteiger partial charge is 0.00609 e. The molecule has 0 spiro atoms. The van der Waals surface area contributed by atoms with E-state index in [1.807, 2.05) is 0 Å². The maximum atomic E-state index is 2.35. The lowest BCUT2D eigenvalue weighted by Crippen LogP contribution is -1.93. The molecule has 0 saturated heterocycles. The van der Waals surface area contributed by atoms with Gasteiger partial charge in [-0.25, -0.2) is 0 Å². The summed E-state index contributed by atoms with van der Waals surface area (Å²) in [5.41, 5.74) is 9.61. The van der Waals surface area contributed by atoms with Crippen LogP contribution in [0, 0.1) is 6.92 Å². The van der Waals surface area contributed by atoms with Gasteiger partial charge in [-0.3, -0.25) is 0 Å². The molecule has 130 valence electrons. The first-order valence-corrected chi connectivity index (χ1v) is 9.13. The van der Waals surface area contributed by atoms with Crippen molar-refractivity contribution in [2.45, 2.75) is 47.5 Å². The van der Waals surface area contributed by atoms with Gasteiger partial charge in [-0.2, -0.15) is 0 Å². The summed E-state index contributed by atoms with van der Waals surface area (Å²) in [6.45, 7) is 10.9. The summed E-state index contributed by atoms with van der Waals surface area (Å²) in [7, 11) is 0. The van der Waals surface area contributed by atoms with Crippen LogP contribution in [-0.2, 0) is 0 Å². The largest absolute Gasteiger partial charge is 0.0835 e. The van der Waals surface area contributed by atoms with Gasteiger partial charge in [-0.05, 0) is 75.3 Å². The zero-order valence-electron chi connectivity index (χ0n) is 16.3. The fraction of sp³-hybridized carbons (Fsp3) is 0.280. The Morgan fingerprint density at radius 3 is 2.40 bits per heavy atom. The highest BCUT2D eigenvalue weighted by Gasteiger charge is 2.08. The molecule has 0 heterocycles. The first-order valence-electron chi connectivity index (χ1n) is 9.13. The van der Waals surface area contributed by atoms with Gasteiger partial charge in [0, 0.05) is 0 Å². The van der Waals surface area contributed by atoms with Gasteiger partial charge in [0.15, 0.2) is 0 Å². The average molecular weight is 331 g/mol. The highest BCUT2D eigenvalue weighted by atomic mass is 14.1. The second-order valence-electron chi connectivity index (χ2n) is 6.81. The third-order valence-corrected chi connectivity index (χ3v) is 4.65. The average Bonchev–Trinajstić information content (AvgIpc) is 2.82. The fourth-order valence-corrected chi connectivity index (χ4v) is 3.27. The minimum absolute atomic E-state index is 0.983. The van der Waals surface area contributed by atoms with Gasteiger partial charge >= 0.3 is 0 Å². The molecule has 0 saturated carbocycles. The summed E-state index contributed by atoms with van der Waals surface area (Å²) in [6, 6.07) is 8.64. The van der Waals surface area contributed by atoms with Crippen LogP contribution in [0.2, 0.25) is 0 Å². The molecule has 0 aliphatic heterocycles. The lowest BCUT2D eigenvalue weighted by molar-refractivity contribution is 1.12. The van der Waals surface area contributed by atoms with Crippen LogP contribution in [0.15, 0.2) is 89.1 Å². The highest BCUT2D eigenvalue weighted by molar-refractivity contribution is 5.70. The van der Waals surface area contributed by atoms with Gasteiger partial charge in [0.25, 0.3) is 0 Å². The lowest BCUT2D eigenvalue weighted by atomic mass is 9.92. The molecule has 0 bridgehead atoms. The summed E-state index contributed by atoms with van der Waals surface area (Å²) in [4.78, 5) is 0. The third kappa shape index (κ3) is 5.32. The van der Waals surface area contributed by atoms with Crippen molar-refractivity contribution in [1.29, 1.82) is 0 Å². The van der Waals surface area contributed by atoms with E-state index in [1.165, 1.54) is 39.0 Å². The summed E-state index contributed by atoms with van der Waals surface area (Å²) in [5.74, 6) is 0. The number of hydrogen-bond donors (Lipinski definition) is 0.